The molecule has 1 N–H and O–H groups in total. The lowest BCUT2D eigenvalue weighted by Gasteiger charge is -2.25. The fourth-order valence-electron chi connectivity index (χ4n) is 3.62. The van der Waals surface area contributed by atoms with Gasteiger partial charge < -0.3 is 9.64 Å². The van der Waals surface area contributed by atoms with Crippen molar-refractivity contribution in [3.05, 3.63) is 36.2 Å². The Kier molecular flexibility index (Phi) is 4.06. The molecule has 2 aromatic rings. The Morgan fingerprint density at radius 1 is 1.25 bits per heavy atom. The number of aromatic amines is 1. The smallest absolute Gasteiger partial charge is 0.252 e. The van der Waals surface area contributed by atoms with E-state index < -0.39 is 0 Å². The minimum absolute atomic E-state index is 0.0260. The Labute approximate surface area is 141 Å². The van der Waals surface area contributed by atoms with Gasteiger partial charge in [0.1, 0.15) is 11.9 Å². The Hall–Kier alpha value is -2.21. The number of aromatic nitrogens is 3. The molecular weight excluding hydrogens is 304 g/mol. The van der Waals surface area contributed by atoms with E-state index in [1.54, 1.807) is 0 Å². The van der Waals surface area contributed by atoms with E-state index in [-0.39, 0.29) is 24.2 Å². The molecule has 2 saturated heterocycles. The zero-order chi connectivity index (χ0) is 16.5. The fourth-order valence-corrected chi connectivity index (χ4v) is 3.62. The van der Waals surface area contributed by atoms with E-state index in [2.05, 4.69) is 15.2 Å². The third kappa shape index (κ3) is 2.82. The van der Waals surface area contributed by atoms with Crippen LogP contribution in [0.15, 0.2) is 30.3 Å². The summed E-state index contributed by atoms with van der Waals surface area (Å²) in [6.45, 7) is 2.79. The maximum absolute atomic E-state index is 12.8. The van der Waals surface area contributed by atoms with Crippen LogP contribution in [0.1, 0.15) is 44.5 Å². The summed E-state index contributed by atoms with van der Waals surface area (Å²) in [5.41, 5.74) is 0.976. The second kappa shape index (κ2) is 6.36. The molecule has 0 spiro atoms. The van der Waals surface area contributed by atoms with Crippen molar-refractivity contribution in [2.24, 2.45) is 0 Å². The molecule has 24 heavy (non-hydrogen) atoms. The van der Waals surface area contributed by atoms with Crippen molar-refractivity contribution in [1.82, 2.24) is 20.1 Å². The molecule has 0 saturated carbocycles. The lowest BCUT2D eigenvalue weighted by atomic mass is 10.1. The van der Waals surface area contributed by atoms with Gasteiger partial charge in [-0.15, -0.1) is 0 Å². The van der Waals surface area contributed by atoms with E-state index in [0.717, 1.165) is 43.6 Å². The summed E-state index contributed by atoms with van der Waals surface area (Å²) < 4.78 is 5.76. The van der Waals surface area contributed by atoms with Gasteiger partial charge in [0.25, 0.3) is 5.91 Å². The van der Waals surface area contributed by atoms with Gasteiger partial charge in [-0.3, -0.25) is 9.89 Å². The number of amides is 1. The number of carbonyl (C=O) groups excluding carboxylic acids is 1. The average molecular weight is 326 g/mol. The van der Waals surface area contributed by atoms with Crippen LogP contribution in [0.4, 0.5) is 0 Å². The van der Waals surface area contributed by atoms with Gasteiger partial charge in [0.15, 0.2) is 5.82 Å². The highest BCUT2D eigenvalue weighted by molar-refractivity contribution is 5.81. The second-order valence-electron chi connectivity index (χ2n) is 6.61. The summed E-state index contributed by atoms with van der Waals surface area (Å²) in [6, 6.07) is 9.85. The van der Waals surface area contributed by atoms with Crippen LogP contribution in [0.2, 0.25) is 0 Å². The first-order valence-electron chi connectivity index (χ1n) is 8.66. The highest BCUT2D eigenvalue weighted by Crippen LogP contribution is 2.33. The maximum Gasteiger partial charge on any atom is 0.252 e. The molecule has 126 valence electrons. The van der Waals surface area contributed by atoms with E-state index >= 15 is 0 Å². The van der Waals surface area contributed by atoms with Crippen LogP contribution in [-0.4, -0.2) is 44.7 Å². The molecule has 3 unspecified atom stereocenters. The quantitative estimate of drug-likeness (QED) is 0.941. The number of hydrogen-bond donors (Lipinski definition) is 1. The first-order chi connectivity index (χ1) is 11.7. The molecule has 1 amide bonds. The van der Waals surface area contributed by atoms with Crippen molar-refractivity contribution in [2.45, 2.75) is 50.9 Å². The zero-order valence-corrected chi connectivity index (χ0v) is 13.8. The Morgan fingerprint density at radius 3 is 2.83 bits per heavy atom. The molecule has 2 aliphatic heterocycles. The molecule has 6 heteroatoms. The van der Waals surface area contributed by atoms with E-state index in [1.165, 1.54) is 0 Å². The van der Waals surface area contributed by atoms with Crippen LogP contribution in [-0.2, 0) is 9.53 Å². The summed E-state index contributed by atoms with van der Waals surface area (Å²) in [6.07, 6.45) is 3.55. The lowest BCUT2D eigenvalue weighted by molar-refractivity contribution is -0.143. The number of hydrogen-bond acceptors (Lipinski definition) is 4. The maximum atomic E-state index is 12.8. The van der Waals surface area contributed by atoms with Crippen LogP contribution in [0.3, 0.4) is 0 Å². The summed E-state index contributed by atoms with van der Waals surface area (Å²) >= 11 is 0. The molecule has 2 fully saturated rings. The fraction of sp³-hybridized carbons (Fsp3) is 0.500. The summed E-state index contributed by atoms with van der Waals surface area (Å²) in [5.74, 6) is 1.54. The predicted octanol–water partition coefficient (Wildman–Crippen LogP) is 2.70. The van der Waals surface area contributed by atoms with Crippen LogP contribution >= 0.6 is 0 Å². The van der Waals surface area contributed by atoms with E-state index in [9.17, 15) is 4.79 Å². The molecular formula is C18H22N4O2. The van der Waals surface area contributed by atoms with Gasteiger partial charge in [0, 0.05) is 12.1 Å². The van der Waals surface area contributed by atoms with Crippen molar-refractivity contribution in [3.8, 4) is 11.4 Å². The summed E-state index contributed by atoms with van der Waals surface area (Å²) in [4.78, 5) is 19.3. The Balaban J connectivity index is 1.53. The molecule has 0 aliphatic carbocycles. The normalized spacial score (nSPS) is 26.9. The molecule has 0 bridgehead atoms. The van der Waals surface area contributed by atoms with Crippen molar-refractivity contribution >= 4 is 5.91 Å². The minimum atomic E-state index is -0.294. The molecule has 0 radical (unpaired) electrons. The largest absolute Gasteiger partial charge is 0.365 e. The standard InChI is InChI=1S/C18H22N4O2/c1-12-9-10-15(24-12)18(23)22-11-5-8-14(22)17-19-16(20-21-17)13-6-3-2-4-7-13/h2-4,6-7,12,14-15H,5,8-11H2,1H3,(H,19,20,21). The van der Waals surface area contributed by atoms with Gasteiger partial charge in [-0.1, -0.05) is 30.3 Å². The monoisotopic (exact) mass is 326 g/mol. The van der Waals surface area contributed by atoms with Gasteiger partial charge >= 0.3 is 0 Å². The van der Waals surface area contributed by atoms with Crippen LogP contribution in [0.5, 0.6) is 0 Å². The number of benzene rings is 1. The number of nitrogens with zero attached hydrogens (tertiary/aromatic N) is 3. The SMILES string of the molecule is CC1CCC(C(=O)N2CCCC2c2nc(-c3ccccc3)n[nH]2)O1. The zero-order valence-electron chi connectivity index (χ0n) is 13.8. The van der Waals surface area contributed by atoms with Crippen molar-refractivity contribution < 1.29 is 9.53 Å². The number of rotatable bonds is 3. The van der Waals surface area contributed by atoms with Crippen LogP contribution in [0, 0.1) is 0 Å². The Morgan fingerprint density at radius 2 is 2.08 bits per heavy atom. The van der Waals surface area contributed by atoms with Gasteiger partial charge in [-0.05, 0) is 32.6 Å². The molecule has 4 rings (SSSR count). The first kappa shape index (κ1) is 15.3. The molecule has 1 aromatic heterocycles. The molecule has 3 heterocycles. The van der Waals surface area contributed by atoms with Gasteiger partial charge in [0.2, 0.25) is 0 Å². The highest BCUT2D eigenvalue weighted by Gasteiger charge is 2.38. The van der Waals surface area contributed by atoms with Crippen LogP contribution in [0.25, 0.3) is 11.4 Å². The number of nitrogens with one attached hydrogen (secondary N) is 1. The third-order valence-corrected chi connectivity index (χ3v) is 4.89. The minimum Gasteiger partial charge on any atom is -0.365 e. The Bertz CT molecular complexity index is 715. The number of H-pyrrole nitrogens is 1. The van der Waals surface area contributed by atoms with Crippen molar-refractivity contribution in [3.63, 3.8) is 0 Å². The number of likely N-dealkylation sites (tertiary alicyclic amines) is 1. The van der Waals surface area contributed by atoms with E-state index in [0.29, 0.717) is 5.82 Å². The first-order valence-corrected chi connectivity index (χ1v) is 8.66. The third-order valence-electron chi connectivity index (χ3n) is 4.89. The molecule has 6 nitrogen and oxygen atoms in total. The second-order valence-corrected chi connectivity index (χ2v) is 6.61. The van der Waals surface area contributed by atoms with E-state index in [1.807, 2.05) is 42.2 Å². The predicted molar refractivity (Wildman–Crippen MR) is 89.1 cm³/mol. The summed E-state index contributed by atoms with van der Waals surface area (Å²) in [5, 5.41) is 7.36. The van der Waals surface area contributed by atoms with Crippen molar-refractivity contribution in [1.29, 1.82) is 0 Å². The summed E-state index contributed by atoms with van der Waals surface area (Å²) in [7, 11) is 0. The molecule has 3 atom stereocenters. The van der Waals surface area contributed by atoms with Crippen LogP contribution < -0.4 is 0 Å². The van der Waals surface area contributed by atoms with Gasteiger partial charge in [-0.2, -0.15) is 5.10 Å². The van der Waals surface area contributed by atoms with Gasteiger partial charge in [-0.25, -0.2) is 4.98 Å². The molecule has 1 aromatic carbocycles. The van der Waals surface area contributed by atoms with Crippen molar-refractivity contribution in [2.75, 3.05) is 6.54 Å². The van der Waals surface area contributed by atoms with Gasteiger partial charge in [0.05, 0.1) is 12.1 Å². The number of carbonyl (C=O) groups is 1. The lowest BCUT2D eigenvalue weighted by Crippen LogP contribution is -2.39. The number of ether oxygens (including phenoxy) is 1. The van der Waals surface area contributed by atoms with E-state index in [4.69, 9.17) is 4.74 Å². The average Bonchev–Trinajstić information content (AvgIpc) is 3.34. The topological polar surface area (TPSA) is 71.1 Å². The molecule has 2 aliphatic rings. The highest BCUT2D eigenvalue weighted by atomic mass is 16.5.